The highest BCUT2D eigenvalue weighted by Crippen LogP contribution is 2.20. The summed E-state index contributed by atoms with van der Waals surface area (Å²) < 4.78 is 7.33. The van der Waals surface area contributed by atoms with E-state index in [9.17, 15) is 14.4 Å². The summed E-state index contributed by atoms with van der Waals surface area (Å²) in [5.41, 5.74) is 0. The number of ether oxygens (including phenoxy) is 1. The van der Waals surface area contributed by atoms with Gasteiger partial charge in [-0.25, -0.2) is 4.98 Å². The molecule has 1 rings (SSSR count). The minimum Gasteiger partial charge on any atom is -0.466 e. The van der Waals surface area contributed by atoms with Gasteiger partial charge in [-0.1, -0.05) is 104 Å². The maximum absolute atomic E-state index is 13.5. The molecule has 8 nitrogen and oxygen atoms in total. The van der Waals surface area contributed by atoms with Crippen LogP contribution in [0.3, 0.4) is 0 Å². The van der Waals surface area contributed by atoms with Crippen LogP contribution in [0.15, 0.2) is 18.7 Å². The lowest BCUT2D eigenvalue weighted by Crippen LogP contribution is -2.49. The van der Waals surface area contributed by atoms with Crippen LogP contribution in [0, 0.1) is 5.92 Å². The predicted octanol–water partition coefficient (Wildman–Crippen LogP) is 7.85. The molecule has 1 heterocycles. The largest absolute Gasteiger partial charge is 0.466 e. The molecule has 0 radical (unpaired) electrons. The number of carbonyl (C=O) groups excluding carboxylic acids is 3. The third kappa shape index (κ3) is 21.6. The predicted molar refractivity (Wildman–Crippen MR) is 184 cm³/mol. The van der Waals surface area contributed by atoms with Crippen molar-refractivity contribution in [3.05, 3.63) is 18.7 Å². The summed E-state index contributed by atoms with van der Waals surface area (Å²) in [4.78, 5) is 42.9. The number of aromatic nitrogens is 2. The summed E-state index contributed by atoms with van der Waals surface area (Å²) in [5.74, 6) is 1.03. The first kappa shape index (κ1) is 40.0. The van der Waals surface area contributed by atoms with E-state index >= 15 is 0 Å². The monoisotopic (exact) mass is 636 g/mol. The Kier molecular flexibility index (Phi) is 25.9. The molecule has 2 N–H and O–H groups in total. The van der Waals surface area contributed by atoms with Gasteiger partial charge in [-0.2, -0.15) is 11.8 Å². The quantitative estimate of drug-likeness (QED) is 0.0659. The van der Waals surface area contributed by atoms with Crippen LogP contribution in [0.2, 0.25) is 0 Å². The lowest BCUT2D eigenvalue weighted by molar-refractivity contribution is -0.143. The first-order valence-corrected chi connectivity index (χ1v) is 18.9. The summed E-state index contributed by atoms with van der Waals surface area (Å²) in [6, 6.07) is -0.573. The number of amides is 2. The zero-order chi connectivity index (χ0) is 32.1. The highest BCUT2D eigenvalue weighted by Gasteiger charge is 2.25. The van der Waals surface area contributed by atoms with Gasteiger partial charge in [-0.05, 0) is 37.9 Å². The standard InChI is InChI=1S/C35H64N4O4S/c1-4-7-10-13-14-16-20-31(19-15-11-8-5-2)34(41)38-32(35(42)37-23-18-25-39-26-24-36-30-39)21-28-44-29-22-33(40)43-27-17-12-9-6-3/h24,26,30-32H,4-23,25,27-29H2,1-3H3,(H,37,42)(H,38,41). The van der Waals surface area contributed by atoms with Gasteiger partial charge in [-0.3, -0.25) is 14.4 Å². The van der Waals surface area contributed by atoms with Crippen molar-refractivity contribution in [3.8, 4) is 0 Å². The molecule has 2 atom stereocenters. The summed E-state index contributed by atoms with van der Waals surface area (Å²) >= 11 is 1.64. The number of nitrogens with zero attached hydrogens (tertiary/aromatic N) is 2. The minimum atomic E-state index is -0.573. The highest BCUT2D eigenvalue weighted by atomic mass is 32.2. The van der Waals surface area contributed by atoms with E-state index in [-0.39, 0.29) is 23.7 Å². The molecular formula is C35H64N4O4S. The second kappa shape index (κ2) is 28.4. The molecular weight excluding hydrogens is 572 g/mol. The minimum absolute atomic E-state index is 0.0188. The fourth-order valence-electron chi connectivity index (χ4n) is 5.21. The van der Waals surface area contributed by atoms with Crippen LogP contribution in [0.1, 0.15) is 143 Å². The highest BCUT2D eigenvalue weighted by molar-refractivity contribution is 7.99. The molecule has 2 unspecified atom stereocenters. The molecule has 254 valence electrons. The Morgan fingerprint density at radius 2 is 1.41 bits per heavy atom. The smallest absolute Gasteiger partial charge is 0.306 e. The third-order valence-corrected chi connectivity index (χ3v) is 9.05. The maximum Gasteiger partial charge on any atom is 0.306 e. The van der Waals surface area contributed by atoms with Crippen molar-refractivity contribution in [1.29, 1.82) is 0 Å². The van der Waals surface area contributed by atoms with Crippen molar-refractivity contribution >= 4 is 29.5 Å². The Morgan fingerprint density at radius 1 is 0.773 bits per heavy atom. The SMILES string of the molecule is CCCCCCCCC(CCCCCC)C(=O)NC(CCSCCC(=O)OCCCCCC)C(=O)NCCCn1ccnc1. The Hall–Kier alpha value is -2.03. The van der Waals surface area contributed by atoms with Crippen molar-refractivity contribution < 1.29 is 19.1 Å². The molecule has 1 aromatic rings. The summed E-state index contributed by atoms with van der Waals surface area (Å²) in [6.45, 7) is 8.41. The molecule has 44 heavy (non-hydrogen) atoms. The fourth-order valence-corrected chi connectivity index (χ4v) is 6.13. The van der Waals surface area contributed by atoms with Crippen molar-refractivity contribution in [2.45, 2.75) is 155 Å². The Balaban J connectivity index is 2.63. The van der Waals surface area contributed by atoms with Gasteiger partial charge in [0, 0.05) is 37.2 Å². The average Bonchev–Trinajstić information content (AvgIpc) is 3.54. The zero-order valence-corrected chi connectivity index (χ0v) is 29.1. The molecule has 0 fully saturated rings. The fraction of sp³-hybridized carbons (Fsp3) is 0.829. The normalized spacial score (nSPS) is 12.5. The lowest BCUT2D eigenvalue weighted by atomic mass is 9.93. The van der Waals surface area contributed by atoms with E-state index in [0.717, 1.165) is 70.8 Å². The summed E-state index contributed by atoms with van der Waals surface area (Å²) in [7, 11) is 0. The van der Waals surface area contributed by atoms with E-state index in [4.69, 9.17) is 4.74 Å². The molecule has 0 spiro atoms. The second-order valence-corrected chi connectivity index (χ2v) is 13.3. The van der Waals surface area contributed by atoms with E-state index in [1.165, 1.54) is 44.9 Å². The average molecular weight is 637 g/mol. The number of esters is 1. The van der Waals surface area contributed by atoms with Crippen LogP contribution in [0.5, 0.6) is 0 Å². The van der Waals surface area contributed by atoms with Crippen molar-refractivity contribution in [1.82, 2.24) is 20.2 Å². The number of aryl methyl sites for hydroxylation is 1. The first-order chi connectivity index (χ1) is 21.5. The molecule has 0 aliphatic heterocycles. The molecule has 0 aromatic carbocycles. The maximum atomic E-state index is 13.5. The molecule has 0 aliphatic carbocycles. The van der Waals surface area contributed by atoms with Gasteiger partial charge in [-0.15, -0.1) is 0 Å². The van der Waals surface area contributed by atoms with Crippen LogP contribution >= 0.6 is 11.8 Å². The summed E-state index contributed by atoms with van der Waals surface area (Å²) in [5, 5.41) is 6.19. The second-order valence-electron chi connectivity index (χ2n) is 12.0. The number of nitrogens with one attached hydrogen (secondary N) is 2. The molecule has 1 aromatic heterocycles. The third-order valence-electron chi connectivity index (χ3n) is 8.03. The van der Waals surface area contributed by atoms with Crippen LogP contribution < -0.4 is 10.6 Å². The van der Waals surface area contributed by atoms with Gasteiger partial charge in [0.05, 0.1) is 19.4 Å². The number of hydrogen-bond acceptors (Lipinski definition) is 6. The van der Waals surface area contributed by atoms with Gasteiger partial charge in [0.2, 0.25) is 11.8 Å². The first-order valence-electron chi connectivity index (χ1n) is 17.8. The number of carbonyl (C=O) groups is 3. The van der Waals surface area contributed by atoms with E-state index in [2.05, 4.69) is 36.4 Å². The Labute approximate surface area is 273 Å². The molecule has 2 amide bonds. The van der Waals surface area contributed by atoms with Crippen molar-refractivity contribution in [3.63, 3.8) is 0 Å². The van der Waals surface area contributed by atoms with E-state index in [0.29, 0.717) is 37.5 Å². The van der Waals surface area contributed by atoms with E-state index < -0.39 is 6.04 Å². The van der Waals surface area contributed by atoms with Crippen molar-refractivity contribution in [2.75, 3.05) is 24.7 Å². The molecule has 9 heteroatoms. The van der Waals surface area contributed by atoms with Crippen LogP contribution in [-0.2, 0) is 25.7 Å². The Morgan fingerprint density at radius 3 is 2.07 bits per heavy atom. The number of imidazole rings is 1. The topological polar surface area (TPSA) is 102 Å². The van der Waals surface area contributed by atoms with Gasteiger partial charge < -0.3 is 19.9 Å². The van der Waals surface area contributed by atoms with Crippen LogP contribution in [-0.4, -0.2) is 58.0 Å². The van der Waals surface area contributed by atoms with Gasteiger partial charge in [0.1, 0.15) is 6.04 Å². The number of thioether (sulfide) groups is 1. The number of unbranched alkanes of at least 4 members (excludes halogenated alkanes) is 11. The van der Waals surface area contributed by atoms with Gasteiger partial charge in [0.15, 0.2) is 0 Å². The van der Waals surface area contributed by atoms with E-state index in [1.807, 2.05) is 10.8 Å². The molecule has 0 aliphatic rings. The number of rotatable bonds is 30. The molecule has 0 saturated carbocycles. The summed E-state index contributed by atoms with van der Waals surface area (Å²) in [6.07, 6.45) is 25.0. The van der Waals surface area contributed by atoms with Gasteiger partial charge >= 0.3 is 5.97 Å². The Bertz CT molecular complexity index is 837. The zero-order valence-electron chi connectivity index (χ0n) is 28.3. The van der Waals surface area contributed by atoms with Gasteiger partial charge in [0.25, 0.3) is 0 Å². The molecule has 0 saturated heterocycles. The van der Waals surface area contributed by atoms with Crippen LogP contribution in [0.25, 0.3) is 0 Å². The van der Waals surface area contributed by atoms with E-state index in [1.54, 1.807) is 24.3 Å². The molecule has 0 bridgehead atoms. The lowest BCUT2D eigenvalue weighted by Gasteiger charge is -2.23. The number of hydrogen-bond donors (Lipinski definition) is 2. The van der Waals surface area contributed by atoms with Crippen LogP contribution in [0.4, 0.5) is 0 Å². The van der Waals surface area contributed by atoms with Crippen molar-refractivity contribution in [2.24, 2.45) is 5.92 Å².